The van der Waals surface area contributed by atoms with Crippen molar-refractivity contribution in [3.05, 3.63) is 23.8 Å². The van der Waals surface area contributed by atoms with Gasteiger partial charge in [-0.1, -0.05) is 19.0 Å². The second-order valence-corrected chi connectivity index (χ2v) is 4.55. The molecule has 0 atom stereocenters. The number of fused-ring (bicyclic) bond motifs is 1. The van der Waals surface area contributed by atoms with Crippen LogP contribution in [0, 0.1) is 0 Å². The van der Waals surface area contributed by atoms with Gasteiger partial charge in [0.2, 0.25) is 0 Å². The van der Waals surface area contributed by atoms with Crippen LogP contribution in [0.3, 0.4) is 0 Å². The van der Waals surface area contributed by atoms with E-state index in [2.05, 4.69) is 0 Å². The normalized spacial score (nSPS) is 14.1. The molecule has 78 valence electrons. The minimum atomic E-state index is -0.787. The van der Waals surface area contributed by atoms with E-state index < -0.39 is 5.97 Å². The Labute approximate surface area is 92.9 Å². The Morgan fingerprint density at radius 2 is 2.47 bits per heavy atom. The van der Waals surface area contributed by atoms with E-state index in [4.69, 9.17) is 9.76 Å². The second-order valence-electron chi connectivity index (χ2n) is 3.50. The van der Waals surface area contributed by atoms with Gasteiger partial charge in [-0.2, -0.15) is 0 Å². The molecule has 15 heavy (non-hydrogen) atoms. The van der Waals surface area contributed by atoms with Gasteiger partial charge in [-0.05, 0) is 17.1 Å². The summed E-state index contributed by atoms with van der Waals surface area (Å²) in [5.74, 6) is -0.682. The van der Waals surface area contributed by atoms with Crippen molar-refractivity contribution >= 4 is 30.1 Å². The lowest BCUT2D eigenvalue weighted by Crippen LogP contribution is -2.24. The number of thioether (sulfide) groups is 1. The van der Waals surface area contributed by atoms with Crippen LogP contribution in [-0.2, 0) is 16.1 Å². The van der Waals surface area contributed by atoms with Crippen LogP contribution in [0.1, 0.15) is 5.56 Å². The zero-order chi connectivity index (χ0) is 10.8. The first kappa shape index (κ1) is 10.6. The smallest absolute Gasteiger partial charge is 0.324 e. The van der Waals surface area contributed by atoms with Gasteiger partial charge in [0, 0.05) is 4.90 Å². The molecule has 2 rings (SSSR count). The van der Waals surface area contributed by atoms with Gasteiger partial charge in [0.1, 0.15) is 0 Å². The number of carbonyl (C=O) groups is 1. The average molecular weight is 222 g/mol. The molecule has 1 aromatic rings. The monoisotopic (exact) mass is 222 g/mol. The fraction of sp³-hybridized carbons (Fsp3) is 0.300. The number of carboxylic acids is 1. The van der Waals surface area contributed by atoms with Gasteiger partial charge in [-0.15, -0.1) is 11.8 Å². The molecular weight excluding hydrogens is 211 g/mol. The van der Waals surface area contributed by atoms with Gasteiger partial charge in [-0.25, -0.2) is 0 Å². The third-order valence-electron chi connectivity index (χ3n) is 2.41. The molecule has 0 fully saturated rings. The summed E-state index contributed by atoms with van der Waals surface area (Å²) in [6.45, 7) is 2.81. The number of rotatable bonds is 3. The van der Waals surface area contributed by atoms with Crippen molar-refractivity contribution in [1.29, 1.82) is 0 Å². The SMILES string of the molecule is CB1OCc2ccc(SCC(=O)O)cc21. The molecule has 0 aliphatic carbocycles. The van der Waals surface area contributed by atoms with Crippen LogP contribution in [0.5, 0.6) is 0 Å². The van der Waals surface area contributed by atoms with Crippen LogP contribution in [0.25, 0.3) is 0 Å². The molecule has 0 amide bonds. The Morgan fingerprint density at radius 1 is 1.67 bits per heavy atom. The highest BCUT2D eigenvalue weighted by Gasteiger charge is 2.23. The van der Waals surface area contributed by atoms with E-state index >= 15 is 0 Å². The lowest BCUT2D eigenvalue weighted by molar-refractivity contribution is -0.133. The van der Waals surface area contributed by atoms with Crippen LogP contribution in [0.2, 0.25) is 6.82 Å². The van der Waals surface area contributed by atoms with E-state index in [1.165, 1.54) is 22.8 Å². The molecule has 1 aliphatic rings. The van der Waals surface area contributed by atoms with E-state index in [0.717, 1.165) is 4.90 Å². The maximum Gasteiger partial charge on any atom is 0.324 e. The molecule has 0 unspecified atom stereocenters. The zero-order valence-electron chi connectivity index (χ0n) is 8.40. The van der Waals surface area contributed by atoms with Crippen LogP contribution in [-0.4, -0.2) is 23.7 Å². The van der Waals surface area contributed by atoms with Crippen molar-refractivity contribution < 1.29 is 14.6 Å². The van der Waals surface area contributed by atoms with Crippen molar-refractivity contribution in [2.45, 2.75) is 18.3 Å². The third kappa shape index (κ3) is 2.35. The Kier molecular flexibility index (Phi) is 3.02. The second kappa shape index (κ2) is 4.29. The van der Waals surface area contributed by atoms with Gasteiger partial charge in [0.25, 0.3) is 0 Å². The Morgan fingerprint density at radius 3 is 3.20 bits per heavy atom. The molecule has 0 bridgehead atoms. The lowest BCUT2D eigenvalue weighted by atomic mass is 9.64. The van der Waals surface area contributed by atoms with Crippen molar-refractivity contribution in [2.75, 3.05) is 5.75 Å². The highest BCUT2D eigenvalue weighted by Crippen LogP contribution is 2.20. The summed E-state index contributed by atoms with van der Waals surface area (Å²) in [7, 11) is 0. The molecule has 5 heteroatoms. The van der Waals surface area contributed by atoms with Gasteiger partial charge in [-0.3, -0.25) is 4.79 Å². The maximum absolute atomic E-state index is 10.4. The van der Waals surface area contributed by atoms with E-state index in [1.54, 1.807) is 0 Å². The standard InChI is InChI=1S/C10H11BO3S/c1-11-9-4-8(15-6-10(12)13)3-2-7(9)5-14-11/h2-4H,5-6H2,1H3,(H,12,13). The predicted octanol–water partition coefficient (Wildman–Crippen LogP) is 1.22. The van der Waals surface area contributed by atoms with Crippen molar-refractivity contribution in [2.24, 2.45) is 0 Å². The highest BCUT2D eigenvalue weighted by atomic mass is 32.2. The molecular formula is C10H11BO3S. The molecule has 1 N–H and O–H groups in total. The van der Waals surface area contributed by atoms with E-state index in [-0.39, 0.29) is 12.7 Å². The number of carboxylic acid groups (broad SMARTS) is 1. The number of hydrogen-bond donors (Lipinski definition) is 1. The van der Waals surface area contributed by atoms with Gasteiger partial charge < -0.3 is 9.76 Å². The Hall–Kier alpha value is -0.935. The van der Waals surface area contributed by atoms with Crippen molar-refractivity contribution in [3.63, 3.8) is 0 Å². The topological polar surface area (TPSA) is 46.5 Å². The van der Waals surface area contributed by atoms with Gasteiger partial charge in [0.15, 0.2) is 0 Å². The molecule has 0 saturated heterocycles. The van der Waals surface area contributed by atoms with Gasteiger partial charge in [0.05, 0.1) is 12.4 Å². The first-order valence-electron chi connectivity index (χ1n) is 4.76. The fourth-order valence-corrected chi connectivity index (χ4v) is 2.29. The third-order valence-corrected chi connectivity index (χ3v) is 3.39. The average Bonchev–Trinajstić information content (AvgIpc) is 2.57. The summed E-state index contributed by atoms with van der Waals surface area (Å²) in [5.41, 5.74) is 2.40. The molecule has 0 aromatic heterocycles. The van der Waals surface area contributed by atoms with Crippen molar-refractivity contribution in [3.8, 4) is 0 Å². The van der Waals surface area contributed by atoms with Crippen LogP contribution in [0.15, 0.2) is 23.1 Å². The van der Waals surface area contributed by atoms with Crippen molar-refractivity contribution in [1.82, 2.24) is 0 Å². The summed E-state index contributed by atoms with van der Waals surface area (Å²) in [6, 6.07) is 6.00. The summed E-state index contributed by atoms with van der Waals surface area (Å²) >= 11 is 1.34. The summed E-state index contributed by atoms with van der Waals surface area (Å²) in [5, 5.41) is 8.57. The Balaban J connectivity index is 2.14. The predicted molar refractivity (Wildman–Crippen MR) is 60.8 cm³/mol. The fourth-order valence-electron chi connectivity index (χ4n) is 1.62. The minimum Gasteiger partial charge on any atom is -0.481 e. The molecule has 1 heterocycles. The molecule has 0 radical (unpaired) electrons. The van der Waals surface area contributed by atoms with E-state index in [9.17, 15) is 4.79 Å². The van der Waals surface area contributed by atoms with E-state index in [0.29, 0.717) is 6.61 Å². The molecule has 0 spiro atoms. The lowest BCUT2D eigenvalue weighted by Gasteiger charge is -2.03. The highest BCUT2D eigenvalue weighted by molar-refractivity contribution is 8.00. The number of hydrogen-bond acceptors (Lipinski definition) is 3. The largest absolute Gasteiger partial charge is 0.481 e. The van der Waals surface area contributed by atoms with Crippen LogP contribution in [0.4, 0.5) is 0 Å². The summed E-state index contributed by atoms with van der Waals surface area (Å²) in [4.78, 5) is 11.4. The number of aliphatic carboxylic acids is 1. The molecule has 1 aromatic carbocycles. The maximum atomic E-state index is 10.4. The quantitative estimate of drug-likeness (QED) is 0.617. The summed E-state index contributed by atoms with van der Waals surface area (Å²) < 4.78 is 5.48. The first-order valence-corrected chi connectivity index (χ1v) is 5.74. The van der Waals surface area contributed by atoms with Crippen LogP contribution < -0.4 is 5.46 Å². The van der Waals surface area contributed by atoms with Gasteiger partial charge >= 0.3 is 12.9 Å². The minimum absolute atomic E-state index is 0.105. The molecule has 3 nitrogen and oxygen atoms in total. The molecule has 1 aliphatic heterocycles. The zero-order valence-corrected chi connectivity index (χ0v) is 9.21. The Bertz CT molecular complexity index is 394. The number of benzene rings is 1. The molecule has 0 saturated carbocycles. The van der Waals surface area contributed by atoms with E-state index in [1.807, 2.05) is 25.0 Å². The summed E-state index contributed by atoms with van der Waals surface area (Å²) in [6.07, 6.45) is 0. The first-order chi connectivity index (χ1) is 7.16. The van der Waals surface area contributed by atoms with Crippen LogP contribution >= 0.6 is 11.8 Å².